The molecule has 0 radical (unpaired) electrons. The monoisotopic (exact) mass is 492 g/mol. The fraction of sp³-hybridized carbons (Fsp3) is 0.476. The van der Waals surface area contributed by atoms with Crippen LogP contribution < -0.4 is 5.32 Å². The van der Waals surface area contributed by atoms with E-state index in [1.165, 1.54) is 7.11 Å². The maximum absolute atomic E-state index is 13.5. The first kappa shape index (κ1) is 22.5. The van der Waals surface area contributed by atoms with Crippen LogP contribution in [0.4, 0.5) is 4.79 Å². The molecule has 1 aliphatic rings. The normalized spacial score (nSPS) is 19.0. The Bertz CT molecular complexity index is 913. The van der Waals surface area contributed by atoms with Crippen LogP contribution >= 0.6 is 15.9 Å². The highest BCUT2D eigenvalue weighted by Gasteiger charge is 2.45. The lowest BCUT2D eigenvalue weighted by Crippen LogP contribution is -2.52. The molecule has 7 nitrogen and oxygen atoms in total. The van der Waals surface area contributed by atoms with Gasteiger partial charge in [0, 0.05) is 10.6 Å². The second kappa shape index (κ2) is 8.93. The SMILES string of the molecule is COC(=O)N[C@H](C(=O)N1C[Si](C)(C)CC1c1ncc(-c2ccc(Br)cc2)[nH]1)C(C)C. The molecule has 0 spiro atoms. The molecule has 0 bridgehead atoms. The molecule has 1 aromatic heterocycles. The molecule has 1 aromatic carbocycles. The first-order chi connectivity index (χ1) is 14.1. The minimum Gasteiger partial charge on any atom is -0.453 e. The summed E-state index contributed by atoms with van der Waals surface area (Å²) in [6.45, 7) is 8.41. The van der Waals surface area contributed by atoms with E-state index in [1.54, 1.807) is 0 Å². The number of alkyl carbamates (subject to hydrolysis) is 1. The van der Waals surface area contributed by atoms with Crippen LogP contribution in [0, 0.1) is 5.92 Å². The van der Waals surface area contributed by atoms with E-state index in [4.69, 9.17) is 4.74 Å². The zero-order valence-corrected chi connectivity index (χ0v) is 20.6. The summed E-state index contributed by atoms with van der Waals surface area (Å²) in [4.78, 5) is 35.2. The van der Waals surface area contributed by atoms with E-state index in [2.05, 4.69) is 44.3 Å². The Hall–Kier alpha value is -2.13. The predicted octanol–water partition coefficient (Wildman–Crippen LogP) is 4.35. The van der Waals surface area contributed by atoms with Gasteiger partial charge in [-0.15, -0.1) is 0 Å². The van der Waals surface area contributed by atoms with Crippen LogP contribution in [0.3, 0.4) is 0 Å². The number of rotatable bonds is 5. The average molecular weight is 493 g/mol. The number of ether oxygens (including phenoxy) is 1. The molecule has 2 aromatic rings. The fourth-order valence-electron chi connectivity index (χ4n) is 3.91. The van der Waals surface area contributed by atoms with Gasteiger partial charge in [0.05, 0.1) is 33.1 Å². The topological polar surface area (TPSA) is 87.3 Å². The highest BCUT2D eigenvalue weighted by molar-refractivity contribution is 9.10. The summed E-state index contributed by atoms with van der Waals surface area (Å²) in [5, 5.41) is 2.71. The van der Waals surface area contributed by atoms with Gasteiger partial charge in [0.25, 0.3) is 0 Å². The fourth-order valence-corrected chi connectivity index (χ4v) is 7.06. The molecular formula is C21H29BrN4O3Si. The first-order valence-electron chi connectivity index (χ1n) is 10.1. The number of nitrogens with one attached hydrogen (secondary N) is 2. The third kappa shape index (κ3) is 4.95. The predicted molar refractivity (Wildman–Crippen MR) is 123 cm³/mol. The van der Waals surface area contributed by atoms with Crippen molar-refractivity contribution >= 4 is 36.0 Å². The average Bonchev–Trinajstić information content (AvgIpc) is 3.30. The summed E-state index contributed by atoms with van der Waals surface area (Å²) in [6.07, 6.45) is 1.96. The van der Waals surface area contributed by atoms with Gasteiger partial charge >= 0.3 is 6.09 Å². The highest BCUT2D eigenvalue weighted by Crippen LogP contribution is 2.38. The summed E-state index contributed by atoms with van der Waals surface area (Å²) < 4.78 is 5.74. The van der Waals surface area contributed by atoms with Crippen molar-refractivity contribution in [2.45, 2.75) is 45.1 Å². The van der Waals surface area contributed by atoms with E-state index in [-0.39, 0.29) is 17.9 Å². The minimum absolute atomic E-state index is 0.0578. The molecule has 2 N–H and O–H groups in total. The molecular weight excluding hydrogens is 464 g/mol. The van der Waals surface area contributed by atoms with Crippen LogP contribution in [0.25, 0.3) is 11.3 Å². The number of imidazole rings is 1. The standard InChI is InChI=1S/C21H29BrN4O3Si/c1-13(2)18(25-21(28)29-3)20(27)26-12-30(4,5)11-17(26)19-23-10-16(24-19)14-6-8-15(22)9-7-14/h6-10,13,17-18H,11-12H2,1-5H3,(H,23,24)(H,25,28)/t17?,18-/m0/s1. The van der Waals surface area contributed by atoms with Gasteiger partial charge in [0.2, 0.25) is 5.91 Å². The number of benzene rings is 1. The second-order valence-corrected chi connectivity index (χ2v) is 14.9. The molecule has 2 atom stereocenters. The van der Waals surface area contributed by atoms with Crippen LogP contribution in [0.5, 0.6) is 0 Å². The Morgan fingerprint density at radius 3 is 2.57 bits per heavy atom. The van der Waals surface area contributed by atoms with Crippen molar-refractivity contribution in [1.29, 1.82) is 0 Å². The van der Waals surface area contributed by atoms with Crippen LogP contribution in [-0.4, -0.2) is 54.3 Å². The maximum atomic E-state index is 13.5. The lowest BCUT2D eigenvalue weighted by atomic mass is 10.0. The van der Waals surface area contributed by atoms with Crippen molar-refractivity contribution in [2.75, 3.05) is 13.3 Å². The number of amides is 2. The van der Waals surface area contributed by atoms with E-state index >= 15 is 0 Å². The summed E-state index contributed by atoms with van der Waals surface area (Å²) in [6, 6.07) is 8.19. The molecule has 1 unspecified atom stereocenters. The van der Waals surface area contributed by atoms with Gasteiger partial charge in [-0.2, -0.15) is 0 Å². The molecule has 0 aliphatic carbocycles. The van der Waals surface area contributed by atoms with Crippen LogP contribution in [0.15, 0.2) is 34.9 Å². The van der Waals surface area contributed by atoms with E-state index in [0.29, 0.717) is 0 Å². The van der Waals surface area contributed by atoms with E-state index < -0.39 is 20.2 Å². The Morgan fingerprint density at radius 1 is 1.30 bits per heavy atom. The highest BCUT2D eigenvalue weighted by atomic mass is 79.9. The molecule has 2 heterocycles. The van der Waals surface area contributed by atoms with E-state index in [9.17, 15) is 9.59 Å². The largest absolute Gasteiger partial charge is 0.453 e. The Labute approximate surface area is 186 Å². The Kier molecular flexibility index (Phi) is 6.71. The zero-order valence-electron chi connectivity index (χ0n) is 18.0. The molecule has 2 amide bonds. The summed E-state index contributed by atoms with van der Waals surface area (Å²) >= 11 is 3.46. The molecule has 9 heteroatoms. The third-order valence-electron chi connectivity index (χ3n) is 5.46. The van der Waals surface area contributed by atoms with Crippen molar-refractivity contribution in [3.8, 4) is 11.3 Å². The van der Waals surface area contributed by atoms with Gasteiger partial charge < -0.3 is 19.9 Å². The number of aromatic amines is 1. The van der Waals surface area contributed by atoms with Gasteiger partial charge in [-0.25, -0.2) is 9.78 Å². The number of aromatic nitrogens is 2. The van der Waals surface area contributed by atoms with Crippen molar-refractivity contribution in [3.63, 3.8) is 0 Å². The molecule has 1 aliphatic heterocycles. The third-order valence-corrected chi connectivity index (χ3v) is 8.68. The Morgan fingerprint density at radius 2 is 1.97 bits per heavy atom. The lowest BCUT2D eigenvalue weighted by Gasteiger charge is -2.30. The number of carbonyl (C=O) groups is 2. The lowest BCUT2D eigenvalue weighted by molar-refractivity contribution is -0.135. The number of H-pyrrole nitrogens is 1. The van der Waals surface area contributed by atoms with Crippen molar-refractivity contribution in [2.24, 2.45) is 5.92 Å². The number of carbonyl (C=O) groups excluding carboxylic acids is 2. The summed E-state index contributed by atoms with van der Waals surface area (Å²) in [5.41, 5.74) is 1.96. The number of nitrogens with zero attached hydrogens (tertiary/aromatic N) is 2. The van der Waals surface area contributed by atoms with Crippen molar-refractivity contribution in [1.82, 2.24) is 20.2 Å². The summed E-state index contributed by atoms with van der Waals surface area (Å²) in [7, 11) is -0.319. The van der Waals surface area contributed by atoms with E-state index in [0.717, 1.165) is 33.8 Å². The number of methoxy groups -OCH3 is 1. The molecule has 30 heavy (non-hydrogen) atoms. The van der Waals surface area contributed by atoms with Gasteiger partial charge in [0.15, 0.2) is 0 Å². The number of halogens is 1. The van der Waals surface area contributed by atoms with Gasteiger partial charge in [-0.05, 0) is 29.7 Å². The second-order valence-electron chi connectivity index (χ2n) is 8.90. The number of hydrogen-bond donors (Lipinski definition) is 2. The van der Waals surface area contributed by atoms with Crippen LogP contribution in [0.1, 0.15) is 25.7 Å². The molecule has 1 fully saturated rings. The first-order valence-corrected chi connectivity index (χ1v) is 14.3. The van der Waals surface area contributed by atoms with Crippen LogP contribution in [0.2, 0.25) is 19.1 Å². The van der Waals surface area contributed by atoms with Gasteiger partial charge in [0.1, 0.15) is 11.9 Å². The molecule has 3 rings (SSSR count). The zero-order chi connectivity index (χ0) is 22.1. The minimum atomic E-state index is -1.62. The molecule has 162 valence electrons. The van der Waals surface area contributed by atoms with Crippen molar-refractivity contribution < 1.29 is 14.3 Å². The maximum Gasteiger partial charge on any atom is 0.407 e. The van der Waals surface area contributed by atoms with Gasteiger partial charge in [-0.3, -0.25) is 4.79 Å². The van der Waals surface area contributed by atoms with Crippen LogP contribution in [-0.2, 0) is 9.53 Å². The quantitative estimate of drug-likeness (QED) is 0.607. The molecule has 1 saturated heterocycles. The van der Waals surface area contributed by atoms with Gasteiger partial charge in [-0.1, -0.05) is 55.0 Å². The number of hydrogen-bond acceptors (Lipinski definition) is 4. The summed E-state index contributed by atoms with van der Waals surface area (Å²) in [5.74, 6) is 0.651. The van der Waals surface area contributed by atoms with E-state index in [1.807, 2.05) is 49.2 Å². The molecule has 0 saturated carbocycles. The van der Waals surface area contributed by atoms with Crippen molar-refractivity contribution in [3.05, 3.63) is 40.8 Å². The Balaban J connectivity index is 1.88. The smallest absolute Gasteiger partial charge is 0.407 e.